The molecule has 0 amide bonds. The molecule has 138 heavy (non-hydrogen) atoms. The summed E-state index contributed by atoms with van der Waals surface area (Å²) < 4.78 is 0. The first-order valence-corrected chi connectivity index (χ1v) is 55.6. The molecule has 0 saturated heterocycles. The van der Waals surface area contributed by atoms with Crippen molar-refractivity contribution in [3.8, 4) is 28.0 Å². The number of rotatable bonds is 13. The van der Waals surface area contributed by atoms with E-state index in [-0.39, 0.29) is 202 Å². The Kier molecular flexibility index (Phi) is 68.4. The molecule has 0 aromatic heterocycles. The second-order valence-corrected chi connectivity index (χ2v) is 45.5. The zero-order valence-electron chi connectivity index (χ0n) is 89.0. The van der Waals surface area contributed by atoms with E-state index >= 15 is 0 Å². The Hall–Kier alpha value is 0.143. The summed E-state index contributed by atoms with van der Waals surface area (Å²) in [7, 11) is 0. The van der Waals surface area contributed by atoms with Crippen LogP contribution in [0.25, 0.3) is 22.3 Å². The van der Waals surface area contributed by atoms with Crippen molar-refractivity contribution in [1.29, 1.82) is 0 Å². The minimum absolute atomic E-state index is 0. The van der Waals surface area contributed by atoms with Gasteiger partial charge in [0.2, 0.25) is 0 Å². The fourth-order valence-corrected chi connectivity index (χ4v) is 25.8. The van der Waals surface area contributed by atoms with Crippen LogP contribution in [0.5, 0.6) is 5.75 Å². The quantitative estimate of drug-likeness (QED) is 0.0892. The van der Waals surface area contributed by atoms with E-state index in [4.69, 9.17) is 0 Å². The van der Waals surface area contributed by atoms with Gasteiger partial charge >= 0.3 is 0 Å². The Balaban J connectivity index is 0.000000273. The Morgan fingerprint density at radius 2 is 0.464 bits per heavy atom. The number of phenolic OH excluding ortho intramolecular Hbond substituents is 1. The average molecular weight is 2320 g/mol. The molecule has 12 fully saturated rings. The van der Waals surface area contributed by atoms with Gasteiger partial charge in [-0.05, 0) is 398 Å². The van der Waals surface area contributed by atoms with Crippen molar-refractivity contribution in [1.82, 2.24) is 0 Å². The number of aliphatic hydroxyl groups excluding tert-OH is 1. The Morgan fingerprint density at radius 1 is 0.254 bits per heavy atom. The van der Waals surface area contributed by atoms with Gasteiger partial charge in [0.05, 0.1) is 6.10 Å². The van der Waals surface area contributed by atoms with Gasteiger partial charge in [-0.1, -0.05) is 257 Å². The maximum atomic E-state index is 9.47. The molecule has 19 rings (SSSR count). The molecule has 0 aliphatic heterocycles. The standard InChI is InChI=1S/C20H27.C16H28.C15H26.C14H14.C13H24O.C13H18O.C13H23.C13H17.C13H11.6Y/c1-2-16-8-10-18(11-9-16)20-14-12-19(13-15-20)17-6-4-3-5-7-17;1-3-4-14-7-11-16(12-8-14)15-9-5-13(2)6-10-15;1-3-13-6-10-15(11-7-13)14-8-4-12(2)5-9-14;1-11-3-7-13(8-4-11)14-9-5-12(2)6-10-14;2*1-10-2-4-11(5-3-10)12-6-8-13(14)9-7-12;3*1-11-7-9-13(10-8-11)12-5-3-2-4-6-12;;;;;;/h2,4-7,16,18-20H,1,8-15H2;3-4,13-16H,5-12H2,1-2H3;3,12-15H,1,4-11H2,2H3;3-10H,1-2H3;10-14H,2-9H2,1H3;6-11,14H,2-5H2,1H3;2,11-13H,3-10H2,1H3;3-6,11,13H,7-10H2,1H3;3-10H,1H3;;;;;;/q-1;;;;;;3*-1;;;;;;/b;4-3+;;;;;;;;;;;;;. The number of phenols is 1. The molecule has 0 unspecified atom stereocenters. The molecular weight excluding hydrogens is 2130 g/mol. The number of hydrogen-bond acceptors (Lipinski definition) is 2. The Labute approximate surface area is 1000 Å². The third-order valence-corrected chi connectivity index (χ3v) is 35.5. The summed E-state index contributed by atoms with van der Waals surface area (Å²) >= 11 is 0. The van der Waals surface area contributed by atoms with E-state index in [1.165, 1.54) is 351 Å². The van der Waals surface area contributed by atoms with Crippen LogP contribution in [0.4, 0.5) is 0 Å². The van der Waals surface area contributed by atoms with Crippen molar-refractivity contribution in [2.45, 2.75) is 401 Å². The average Bonchev–Trinajstić information content (AvgIpc) is 0.818. The number of aliphatic hydroxyl groups is 1. The van der Waals surface area contributed by atoms with Crippen LogP contribution in [0.2, 0.25) is 0 Å². The zero-order valence-corrected chi connectivity index (χ0v) is 106. The third-order valence-electron chi connectivity index (χ3n) is 35.5. The molecule has 8 heteroatoms. The second kappa shape index (κ2) is 73.4. The molecule has 12 saturated carbocycles. The van der Waals surface area contributed by atoms with Crippen molar-refractivity contribution in [3.63, 3.8) is 0 Å². The summed E-state index contributed by atoms with van der Waals surface area (Å²) in [6.45, 7) is 30.7. The molecule has 2 nitrogen and oxygen atoms in total. The van der Waals surface area contributed by atoms with Crippen LogP contribution in [-0.4, -0.2) is 16.3 Å². The minimum Gasteiger partial charge on any atom is -0.508 e. The van der Waals surface area contributed by atoms with E-state index in [0.717, 1.165) is 143 Å². The first-order chi connectivity index (χ1) is 64.3. The maximum absolute atomic E-state index is 9.47. The van der Waals surface area contributed by atoms with Gasteiger partial charge in [0.25, 0.3) is 0 Å². The van der Waals surface area contributed by atoms with E-state index in [1.54, 1.807) is 12.1 Å². The largest absolute Gasteiger partial charge is 0.508 e. The van der Waals surface area contributed by atoms with Crippen molar-refractivity contribution in [3.05, 3.63) is 265 Å². The summed E-state index contributed by atoms with van der Waals surface area (Å²) in [4.78, 5) is 0. The predicted molar refractivity (Wildman–Crippen MR) is 571 cm³/mol. The normalized spacial score (nSPS) is 30.0. The number of hydrogen-bond donors (Lipinski definition) is 2. The molecule has 0 heterocycles. The fraction of sp³-hybridized carbons (Fsp3) is 0.623. The molecule has 7 aromatic carbocycles. The third kappa shape index (κ3) is 47.4. The van der Waals surface area contributed by atoms with E-state index < -0.39 is 0 Å². The van der Waals surface area contributed by atoms with Crippen LogP contribution in [0.15, 0.2) is 207 Å². The van der Waals surface area contributed by atoms with Gasteiger partial charge in [0.1, 0.15) is 5.75 Å². The SMILES string of the molecule is C/C=C/C1CCC(C2CCC(C)CC2)CC1.C=CC1CCC(C2CCC(C)CC2)CC1.C=CC1CCC(C2CCC(c3cc[c-]cc3)CC2)CC1.CC1CCC(C2CCC(O)CC2)CC1.CC1CCC(C2CC[CH-]CC2)CC1.CC1CCC(c2cc[c-]cc2)CC1.CC1CCC(c2ccc(O)cc2)CC1.Cc1ccc(-c2cc[c-]cc2)cc1.Cc1ccc(-c2ccc(C)cc2)cc1.[Y].[Y].[Y].[Y].[Y].[Y]. The molecule has 0 atom stereocenters. The molecule has 12 aliphatic carbocycles. The first kappa shape index (κ1) is 129. The van der Waals surface area contributed by atoms with Crippen LogP contribution in [0.1, 0.15) is 408 Å². The van der Waals surface area contributed by atoms with Crippen LogP contribution < -0.4 is 0 Å². The van der Waals surface area contributed by atoms with E-state index in [0.29, 0.717) is 5.75 Å². The zero-order chi connectivity index (χ0) is 93.0. The Morgan fingerprint density at radius 3 is 0.732 bits per heavy atom. The summed E-state index contributed by atoms with van der Waals surface area (Å²) in [6.07, 6.45) is 80.0. The van der Waals surface area contributed by atoms with Gasteiger partial charge in [0, 0.05) is 196 Å². The number of allylic oxidation sites excluding steroid dienone is 4. The van der Waals surface area contributed by atoms with Crippen LogP contribution in [0, 0.1) is 158 Å². The molecule has 12 aliphatic rings. The Bertz CT molecular complexity index is 4070. The van der Waals surface area contributed by atoms with Crippen molar-refractivity contribution in [2.24, 2.45) is 112 Å². The number of aryl methyl sites for hydroxylation is 3. The second-order valence-electron chi connectivity index (χ2n) is 45.5. The van der Waals surface area contributed by atoms with Gasteiger partial charge in [-0.15, -0.1) is 18.7 Å². The molecule has 742 valence electrons. The van der Waals surface area contributed by atoms with Gasteiger partial charge in [-0.25, -0.2) is 0 Å². The topological polar surface area (TPSA) is 40.5 Å². The minimum atomic E-state index is 0. The summed E-state index contributed by atoms with van der Waals surface area (Å²) in [5.41, 5.74) is 13.5. The smallest absolute Gasteiger partial charge is 0.115 e. The van der Waals surface area contributed by atoms with E-state index in [1.807, 2.05) is 24.3 Å². The van der Waals surface area contributed by atoms with E-state index in [9.17, 15) is 10.2 Å². The van der Waals surface area contributed by atoms with Gasteiger partial charge in [-0.3, -0.25) is 0 Å². The van der Waals surface area contributed by atoms with E-state index in [2.05, 4.69) is 265 Å². The fourth-order valence-electron chi connectivity index (χ4n) is 25.8. The molecule has 7 aromatic rings. The molecule has 0 spiro atoms. The first-order valence-electron chi connectivity index (χ1n) is 55.6. The molecule has 2 N–H and O–H groups in total. The van der Waals surface area contributed by atoms with Crippen LogP contribution >= 0.6 is 0 Å². The maximum Gasteiger partial charge on any atom is 0.115 e. The number of aromatic hydroxyl groups is 1. The monoisotopic (exact) mass is 2310 g/mol. The summed E-state index contributed by atoms with van der Waals surface area (Å²) in [5, 5.41) is 18.7. The van der Waals surface area contributed by atoms with Gasteiger partial charge in [-0.2, -0.15) is 115 Å². The van der Waals surface area contributed by atoms with Gasteiger partial charge in [0.15, 0.2) is 0 Å². The predicted octanol–water partition coefficient (Wildman–Crippen LogP) is 38.2. The van der Waals surface area contributed by atoms with Crippen molar-refractivity contribution in [2.75, 3.05) is 0 Å². The van der Waals surface area contributed by atoms with Crippen molar-refractivity contribution >= 4 is 0 Å². The molecule has 0 bridgehead atoms. The van der Waals surface area contributed by atoms with Gasteiger partial charge < -0.3 is 16.6 Å². The van der Waals surface area contributed by atoms with Crippen molar-refractivity contribution < 1.29 is 206 Å². The molecular formula is C130H188O2Y6-4. The van der Waals surface area contributed by atoms with Crippen LogP contribution in [-0.2, 0) is 196 Å². The summed E-state index contributed by atoms with van der Waals surface area (Å²) in [5.74, 6) is 21.6. The number of benzene rings is 7. The molecule has 6 radical (unpaired) electrons. The summed E-state index contributed by atoms with van der Waals surface area (Å²) in [6, 6.07) is 68.0. The van der Waals surface area contributed by atoms with Crippen LogP contribution in [0.3, 0.4) is 0 Å².